The molecule has 1 aromatic carbocycles. The molecule has 2 aromatic heterocycles. The molecular weight excluding hydrogens is 284 g/mol. The molecule has 2 N–H and O–H groups in total. The largest absolute Gasteiger partial charge is 0.492 e. The number of nitrogens with one attached hydrogen (secondary N) is 1. The predicted molar refractivity (Wildman–Crippen MR) is 78.7 cm³/mol. The van der Waals surface area contributed by atoms with Crippen LogP contribution >= 0.6 is 0 Å². The van der Waals surface area contributed by atoms with Crippen molar-refractivity contribution in [3.05, 3.63) is 54.6 Å². The highest BCUT2D eigenvalue weighted by Gasteiger charge is 2.08. The Labute approximate surface area is 126 Å². The summed E-state index contributed by atoms with van der Waals surface area (Å²) in [6.07, 6.45) is 5.03. The van der Waals surface area contributed by atoms with E-state index < -0.39 is 5.91 Å². The molecular formula is C15H14N4O3. The first kappa shape index (κ1) is 14.0. The average Bonchev–Trinajstić information content (AvgIpc) is 2.97. The third-order valence-corrected chi connectivity index (χ3v) is 3.24. The van der Waals surface area contributed by atoms with Gasteiger partial charge in [0, 0.05) is 18.0 Å². The fourth-order valence-corrected chi connectivity index (χ4v) is 2.14. The van der Waals surface area contributed by atoms with E-state index in [9.17, 15) is 4.79 Å². The van der Waals surface area contributed by atoms with Gasteiger partial charge >= 0.3 is 0 Å². The maximum Gasteiger partial charge on any atom is 0.274 e. The van der Waals surface area contributed by atoms with E-state index in [1.165, 1.54) is 0 Å². The molecule has 0 aliphatic heterocycles. The van der Waals surface area contributed by atoms with E-state index >= 15 is 0 Å². The second kappa shape index (κ2) is 6.23. The summed E-state index contributed by atoms with van der Waals surface area (Å²) in [5.41, 5.74) is 3.57. The van der Waals surface area contributed by atoms with Gasteiger partial charge in [-0.1, -0.05) is 0 Å². The van der Waals surface area contributed by atoms with Gasteiger partial charge in [-0.25, -0.2) is 10.5 Å². The maximum atomic E-state index is 11.5. The highest BCUT2D eigenvalue weighted by atomic mass is 16.5. The SMILES string of the molecule is O=C(NO)c1ccc2ncn(CCOc3ccncc3)c2c1. The number of ether oxygens (including phenoxy) is 1. The fourth-order valence-electron chi connectivity index (χ4n) is 2.14. The van der Waals surface area contributed by atoms with E-state index in [4.69, 9.17) is 9.94 Å². The molecule has 1 amide bonds. The number of carbonyl (C=O) groups excluding carboxylic acids is 1. The molecule has 0 spiro atoms. The third kappa shape index (κ3) is 2.89. The molecule has 0 saturated heterocycles. The lowest BCUT2D eigenvalue weighted by Crippen LogP contribution is -2.18. The van der Waals surface area contributed by atoms with E-state index in [-0.39, 0.29) is 0 Å². The first-order chi connectivity index (χ1) is 10.8. The fraction of sp³-hybridized carbons (Fsp3) is 0.133. The molecule has 3 aromatic rings. The lowest BCUT2D eigenvalue weighted by molar-refractivity contribution is 0.0706. The molecule has 0 bridgehead atoms. The van der Waals surface area contributed by atoms with Gasteiger partial charge in [0.05, 0.1) is 23.9 Å². The number of fused-ring (bicyclic) bond motifs is 1. The van der Waals surface area contributed by atoms with Crippen LogP contribution in [0.1, 0.15) is 10.4 Å². The molecule has 0 aliphatic carbocycles. The number of hydrogen-bond donors (Lipinski definition) is 2. The van der Waals surface area contributed by atoms with Crippen LogP contribution < -0.4 is 10.2 Å². The highest BCUT2D eigenvalue weighted by molar-refractivity contribution is 5.96. The van der Waals surface area contributed by atoms with Crippen molar-refractivity contribution in [3.8, 4) is 5.75 Å². The minimum atomic E-state index is -0.553. The van der Waals surface area contributed by atoms with E-state index in [0.29, 0.717) is 18.7 Å². The molecule has 7 nitrogen and oxygen atoms in total. The summed E-state index contributed by atoms with van der Waals surface area (Å²) in [6.45, 7) is 1.05. The molecule has 3 rings (SSSR count). The highest BCUT2D eigenvalue weighted by Crippen LogP contribution is 2.15. The van der Waals surface area contributed by atoms with Crippen molar-refractivity contribution in [1.82, 2.24) is 20.0 Å². The van der Waals surface area contributed by atoms with Gasteiger partial charge in [-0.3, -0.25) is 15.0 Å². The Morgan fingerprint density at radius 1 is 1.27 bits per heavy atom. The van der Waals surface area contributed by atoms with Crippen LogP contribution in [0.4, 0.5) is 0 Å². The van der Waals surface area contributed by atoms with Gasteiger partial charge in [0.1, 0.15) is 12.4 Å². The quantitative estimate of drug-likeness (QED) is 0.552. The summed E-state index contributed by atoms with van der Waals surface area (Å²) in [7, 11) is 0. The Morgan fingerprint density at radius 2 is 2.09 bits per heavy atom. The third-order valence-electron chi connectivity index (χ3n) is 3.24. The van der Waals surface area contributed by atoms with Crippen LogP contribution in [-0.2, 0) is 6.54 Å². The Balaban J connectivity index is 1.74. The number of carbonyl (C=O) groups is 1. The normalized spacial score (nSPS) is 10.6. The number of benzene rings is 1. The number of hydroxylamine groups is 1. The lowest BCUT2D eigenvalue weighted by Gasteiger charge is -2.07. The predicted octanol–water partition coefficient (Wildman–Crippen LogP) is 1.63. The summed E-state index contributed by atoms with van der Waals surface area (Å²) >= 11 is 0. The van der Waals surface area contributed by atoms with Gasteiger partial charge in [-0.2, -0.15) is 0 Å². The Kier molecular flexibility index (Phi) is 3.97. The Hall–Kier alpha value is -2.93. The van der Waals surface area contributed by atoms with E-state index in [0.717, 1.165) is 16.8 Å². The number of pyridine rings is 1. The number of amides is 1. The van der Waals surface area contributed by atoms with Crippen molar-refractivity contribution in [2.75, 3.05) is 6.61 Å². The standard InChI is InChI=1S/C15H14N4O3/c20-15(18-21)11-1-2-13-14(9-11)19(10-17-13)7-8-22-12-3-5-16-6-4-12/h1-6,9-10,21H,7-8H2,(H,18,20). The molecule has 0 atom stereocenters. The second-order valence-electron chi connectivity index (χ2n) is 4.61. The van der Waals surface area contributed by atoms with Crippen molar-refractivity contribution in [3.63, 3.8) is 0 Å². The van der Waals surface area contributed by atoms with E-state index in [1.54, 1.807) is 54.5 Å². The number of hydrogen-bond acceptors (Lipinski definition) is 5. The molecule has 22 heavy (non-hydrogen) atoms. The molecule has 0 fully saturated rings. The van der Waals surface area contributed by atoms with Gasteiger partial charge in [0.2, 0.25) is 0 Å². The molecule has 0 aliphatic rings. The zero-order chi connectivity index (χ0) is 15.4. The molecule has 0 saturated carbocycles. The smallest absolute Gasteiger partial charge is 0.274 e. The summed E-state index contributed by atoms with van der Waals surface area (Å²) in [4.78, 5) is 19.7. The van der Waals surface area contributed by atoms with Crippen molar-refractivity contribution in [2.24, 2.45) is 0 Å². The molecule has 0 radical (unpaired) electrons. The molecule has 0 unspecified atom stereocenters. The minimum absolute atomic E-state index is 0.367. The van der Waals surface area contributed by atoms with Crippen molar-refractivity contribution in [2.45, 2.75) is 6.54 Å². The summed E-state index contributed by atoms with van der Waals surface area (Å²) in [5, 5.41) is 8.70. The van der Waals surface area contributed by atoms with Crippen LogP contribution in [-0.4, -0.2) is 32.3 Å². The number of aromatic nitrogens is 3. The molecule has 2 heterocycles. The lowest BCUT2D eigenvalue weighted by atomic mass is 10.2. The number of nitrogens with zero attached hydrogens (tertiary/aromatic N) is 3. The van der Waals surface area contributed by atoms with Gasteiger partial charge < -0.3 is 9.30 Å². The zero-order valence-electron chi connectivity index (χ0n) is 11.6. The topological polar surface area (TPSA) is 89.3 Å². The van der Waals surface area contributed by atoms with Crippen LogP contribution in [0.15, 0.2) is 49.1 Å². The monoisotopic (exact) mass is 298 g/mol. The first-order valence-electron chi connectivity index (χ1n) is 6.70. The van der Waals surface area contributed by atoms with Crippen LogP contribution in [0.3, 0.4) is 0 Å². The van der Waals surface area contributed by atoms with Crippen LogP contribution in [0.25, 0.3) is 11.0 Å². The van der Waals surface area contributed by atoms with E-state index in [2.05, 4.69) is 9.97 Å². The average molecular weight is 298 g/mol. The molecule has 7 heteroatoms. The van der Waals surface area contributed by atoms with Crippen LogP contribution in [0, 0.1) is 0 Å². The van der Waals surface area contributed by atoms with Gasteiger partial charge in [-0.15, -0.1) is 0 Å². The van der Waals surface area contributed by atoms with Crippen LogP contribution in [0.5, 0.6) is 5.75 Å². The van der Waals surface area contributed by atoms with Crippen LogP contribution in [0.2, 0.25) is 0 Å². The second-order valence-corrected chi connectivity index (χ2v) is 4.61. The Bertz CT molecular complexity index is 786. The number of rotatable bonds is 5. The van der Waals surface area contributed by atoms with Crippen molar-refractivity contribution in [1.29, 1.82) is 0 Å². The van der Waals surface area contributed by atoms with Crippen molar-refractivity contribution >= 4 is 16.9 Å². The van der Waals surface area contributed by atoms with Gasteiger partial charge in [-0.05, 0) is 30.3 Å². The zero-order valence-corrected chi connectivity index (χ0v) is 11.6. The molecule has 112 valence electrons. The maximum absolute atomic E-state index is 11.5. The summed E-state index contributed by atoms with van der Waals surface area (Å²) < 4.78 is 7.51. The Morgan fingerprint density at radius 3 is 2.86 bits per heavy atom. The minimum Gasteiger partial charge on any atom is -0.492 e. The number of imidazole rings is 1. The van der Waals surface area contributed by atoms with E-state index in [1.807, 2.05) is 4.57 Å². The van der Waals surface area contributed by atoms with Crippen molar-refractivity contribution < 1.29 is 14.7 Å². The summed E-state index contributed by atoms with van der Waals surface area (Å²) in [5.74, 6) is 0.197. The first-order valence-corrected chi connectivity index (χ1v) is 6.70. The van der Waals surface area contributed by atoms with Gasteiger partial charge in [0.25, 0.3) is 5.91 Å². The van der Waals surface area contributed by atoms with Gasteiger partial charge in [0.15, 0.2) is 0 Å². The summed E-state index contributed by atoms with van der Waals surface area (Å²) in [6, 6.07) is 8.60.